The van der Waals surface area contributed by atoms with Crippen LogP contribution in [0.3, 0.4) is 0 Å². The molecule has 0 saturated heterocycles. The first kappa shape index (κ1) is 31.6. The van der Waals surface area contributed by atoms with Crippen LogP contribution in [0, 0.1) is 18.8 Å². The molecule has 0 atom stereocenters. The second-order valence-electron chi connectivity index (χ2n) is 13.7. The fourth-order valence-corrected chi connectivity index (χ4v) is 7.23. The van der Waals surface area contributed by atoms with E-state index in [-0.39, 0.29) is 0 Å². The molecule has 3 aliphatic carbocycles. The number of hydrogen-bond acceptors (Lipinski definition) is 2. The van der Waals surface area contributed by atoms with Gasteiger partial charge < -0.3 is 4.90 Å². The molecule has 6 rings (SSSR count). The molecule has 1 heterocycles. The van der Waals surface area contributed by atoms with Crippen LogP contribution in [0.25, 0.3) is 11.1 Å². The number of aryl methyl sites for hydroxylation is 2. The Labute approximate surface area is 262 Å². The zero-order valence-electron chi connectivity index (χ0n) is 27.7. The lowest BCUT2D eigenvalue weighted by molar-refractivity contribution is 0.323. The summed E-state index contributed by atoms with van der Waals surface area (Å²) in [4.78, 5) is 2.62. The van der Waals surface area contributed by atoms with Crippen molar-refractivity contribution < 1.29 is 0 Å². The third kappa shape index (κ3) is 8.22. The number of nitrogens with zero attached hydrogens (tertiary/aromatic N) is 3. The van der Waals surface area contributed by atoms with Gasteiger partial charge in [-0.05, 0) is 117 Å². The molecule has 3 fully saturated rings. The van der Waals surface area contributed by atoms with Crippen LogP contribution in [0.5, 0.6) is 0 Å². The Kier molecular flexibility index (Phi) is 11.2. The van der Waals surface area contributed by atoms with E-state index in [1.807, 2.05) is 6.20 Å². The van der Waals surface area contributed by atoms with Gasteiger partial charge in [0, 0.05) is 29.7 Å². The van der Waals surface area contributed by atoms with Gasteiger partial charge in [0.15, 0.2) is 0 Å². The van der Waals surface area contributed by atoms with Gasteiger partial charge in [-0.25, -0.2) is 0 Å². The maximum Gasteiger partial charge on any atom is 0.0568 e. The van der Waals surface area contributed by atoms with Crippen molar-refractivity contribution in [3.05, 3.63) is 83.8 Å². The highest BCUT2D eigenvalue weighted by molar-refractivity contribution is 5.68. The van der Waals surface area contributed by atoms with Crippen LogP contribution in [0.15, 0.2) is 67.1 Å². The van der Waals surface area contributed by atoms with E-state index in [9.17, 15) is 0 Å². The molecule has 43 heavy (non-hydrogen) atoms. The SMILES string of the molecule is C=C(C1CCCCC1)N(CC1CCC(c2ccc(CC)c(C)c2)CC1)c1cccc(-c2cnn(C3CC3)c2)c1.CCCC. The normalized spacial score (nSPS) is 20.7. The number of rotatable bonds is 10. The van der Waals surface area contributed by atoms with Crippen molar-refractivity contribution in [2.24, 2.45) is 11.8 Å². The molecule has 3 aromatic rings. The monoisotopic (exact) mass is 579 g/mol. The average molecular weight is 580 g/mol. The third-order valence-corrected chi connectivity index (χ3v) is 10.4. The van der Waals surface area contributed by atoms with E-state index >= 15 is 0 Å². The quantitative estimate of drug-likeness (QED) is 0.238. The molecule has 0 bridgehead atoms. The minimum Gasteiger partial charge on any atom is -0.345 e. The lowest BCUT2D eigenvalue weighted by atomic mass is 9.77. The molecule has 0 unspecified atom stereocenters. The fraction of sp³-hybridized carbons (Fsp3) is 0.575. The zero-order chi connectivity index (χ0) is 30.2. The molecule has 0 N–H and O–H groups in total. The van der Waals surface area contributed by atoms with Gasteiger partial charge in [0.25, 0.3) is 0 Å². The molecule has 0 aliphatic heterocycles. The van der Waals surface area contributed by atoms with Crippen LogP contribution in [-0.4, -0.2) is 16.3 Å². The first-order chi connectivity index (χ1) is 21.0. The summed E-state index contributed by atoms with van der Waals surface area (Å²) in [5.41, 5.74) is 9.70. The van der Waals surface area contributed by atoms with Gasteiger partial charge in [-0.2, -0.15) is 5.10 Å². The Morgan fingerprint density at radius 1 is 0.860 bits per heavy atom. The summed E-state index contributed by atoms with van der Waals surface area (Å²) in [6.45, 7) is 14.8. The van der Waals surface area contributed by atoms with Crippen molar-refractivity contribution in [3.8, 4) is 11.1 Å². The number of unbranched alkanes of at least 4 members (excludes halogenated alkanes) is 1. The molecule has 0 amide bonds. The minimum atomic E-state index is 0.619. The number of benzene rings is 2. The highest BCUT2D eigenvalue weighted by Gasteiger charge is 2.28. The average Bonchev–Trinajstić information content (AvgIpc) is 3.80. The fourth-order valence-electron chi connectivity index (χ4n) is 7.23. The third-order valence-electron chi connectivity index (χ3n) is 10.4. The summed E-state index contributed by atoms with van der Waals surface area (Å²) >= 11 is 0. The second kappa shape index (κ2) is 15.3. The summed E-state index contributed by atoms with van der Waals surface area (Å²) in [7, 11) is 0. The Bertz CT molecular complexity index is 1300. The Balaban J connectivity index is 0.000000868. The maximum absolute atomic E-state index is 4.76. The zero-order valence-corrected chi connectivity index (χ0v) is 27.7. The molecule has 1 aromatic heterocycles. The van der Waals surface area contributed by atoms with Crippen molar-refractivity contribution in [2.45, 2.75) is 130 Å². The van der Waals surface area contributed by atoms with Gasteiger partial charge in [-0.3, -0.25) is 4.68 Å². The van der Waals surface area contributed by atoms with E-state index in [0.29, 0.717) is 17.9 Å². The first-order valence-electron chi connectivity index (χ1n) is 17.7. The summed E-state index contributed by atoms with van der Waals surface area (Å²) in [6, 6.07) is 17.1. The predicted octanol–water partition coefficient (Wildman–Crippen LogP) is 11.4. The van der Waals surface area contributed by atoms with Crippen molar-refractivity contribution >= 4 is 5.69 Å². The van der Waals surface area contributed by atoms with Crippen molar-refractivity contribution in [3.63, 3.8) is 0 Å². The van der Waals surface area contributed by atoms with Gasteiger partial charge in [0.05, 0.1) is 12.2 Å². The number of anilines is 1. The second-order valence-corrected chi connectivity index (χ2v) is 13.7. The van der Waals surface area contributed by atoms with E-state index in [0.717, 1.165) is 18.9 Å². The summed E-state index contributed by atoms with van der Waals surface area (Å²) in [6.07, 6.45) is 22.5. The molecular formula is C40H57N3. The first-order valence-corrected chi connectivity index (χ1v) is 17.7. The molecule has 3 saturated carbocycles. The predicted molar refractivity (Wildman–Crippen MR) is 185 cm³/mol. The van der Waals surface area contributed by atoms with Crippen molar-refractivity contribution in [1.82, 2.24) is 9.78 Å². The van der Waals surface area contributed by atoms with E-state index in [4.69, 9.17) is 6.58 Å². The van der Waals surface area contributed by atoms with E-state index in [1.54, 1.807) is 5.56 Å². The Hall–Kier alpha value is -2.81. The number of aromatic nitrogens is 2. The number of allylic oxidation sites excluding steroid dienone is 1. The molecule has 3 heteroatoms. The van der Waals surface area contributed by atoms with Gasteiger partial charge in [0.1, 0.15) is 0 Å². The molecule has 3 aliphatic rings. The lowest BCUT2D eigenvalue weighted by Crippen LogP contribution is -2.33. The highest BCUT2D eigenvalue weighted by Crippen LogP contribution is 2.40. The van der Waals surface area contributed by atoms with E-state index < -0.39 is 0 Å². The lowest BCUT2D eigenvalue weighted by Gasteiger charge is -2.38. The summed E-state index contributed by atoms with van der Waals surface area (Å²) in [5, 5.41) is 4.66. The van der Waals surface area contributed by atoms with Gasteiger partial charge in [-0.1, -0.05) is 89.8 Å². The highest BCUT2D eigenvalue weighted by atomic mass is 15.3. The van der Waals surface area contributed by atoms with Crippen LogP contribution >= 0.6 is 0 Å². The van der Waals surface area contributed by atoms with Gasteiger partial charge in [-0.15, -0.1) is 0 Å². The topological polar surface area (TPSA) is 21.1 Å². The molecule has 0 spiro atoms. The Morgan fingerprint density at radius 3 is 2.26 bits per heavy atom. The van der Waals surface area contributed by atoms with E-state index in [1.165, 1.54) is 117 Å². The minimum absolute atomic E-state index is 0.619. The molecule has 3 nitrogen and oxygen atoms in total. The van der Waals surface area contributed by atoms with Crippen LogP contribution in [0.4, 0.5) is 5.69 Å². The van der Waals surface area contributed by atoms with Crippen LogP contribution < -0.4 is 4.90 Å². The molecule has 0 radical (unpaired) electrons. The maximum atomic E-state index is 4.76. The standard InChI is InChI=1S/C36H47N3.C4H10/c1-4-29-17-18-33(21-26(29)2)31-15-13-28(14-16-31)24-38(27(3)30-9-6-5-7-10-30)36-12-8-11-32(22-36)34-23-37-39(25-34)35-19-20-35;1-3-4-2/h8,11-12,17-18,21-23,25,28,30-31,35H,3-7,9-10,13-16,19-20,24H2,1-2H3;3-4H2,1-2H3. The molecular weight excluding hydrogens is 522 g/mol. The Morgan fingerprint density at radius 2 is 1.60 bits per heavy atom. The van der Waals surface area contributed by atoms with Gasteiger partial charge >= 0.3 is 0 Å². The van der Waals surface area contributed by atoms with Crippen LogP contribution in [0.2, 0.25) is 0 Å². The number of hydrogen-bond donors (Lipinski definition) is 0. The smallest absolute Gasteiger partial charge is 0.0568 e. The molecule has 232 valence electrons. The largest absolute Gasteiger partial charge is 0.345 e. The van der Waals surface area contributed by atoms with Crippen LogP contribution in [0.1, 0.15) is 133 Å². The molecule has 2 aromatic carbocycles. The van der Waals surface area contributed by atoms with Crippen molar-refractivity contribution in [2.75, 3.05) is 11.4 Å². The summed E-state index contributed by atoms with van der Waals surface area (Å²) in [5.74, 6) is 2.06. The van der Waals surface area contributed by atoms with Crippen molar-refractivity contribution in [1.29, 1.82) is 0 Å². The van der Waals surface area contributed by atoms with Gasteiger partial charge in [0.2, 0.25) is 0 Å². The van der Waals surface area contributed by atoms with E-state index in [2.05, 4.69) is 91.0 Å². The summed E-state index contributed by atoms with van der Waals surface area (Å²) < 4.78 is 2.16. The van der Waals surface area contributed by atoms with Crippen LogP contribution in [-0.2, 0) is 6.42 Å².